The molecule has 6 nitrogen and oxygen atoms in total. The van der Waals surface area contributed by atoms with Crippen molar-refractivity contribution >= 4 is 40.1 Å². The first-order valence-corrected chi connectivity index (χ1v) is 9.57. The van der Waals surface area contributed by atoms with Crippen molar-refractivity contribution in [2.45, 2.75) is 25.5 Å². The molecule has 1 saturated heterocycles. The number of benzene rings is 2. The lowest BCUT2D eigenvalue weighted by molar-refractivity contribution is -0.122. The summed E-state index contributed by atoms with van der Waals surface area (Å²) in [5.41, 5.74) is 2.50. The van der Waals surface area contributed by atoms with Crippen LogP contribution in [0.2, 0.25) is 0 Å². The zero-order valence-electron chi connectivity index (χ0n) is 15.2. The van der Waals surface area contributed by atoms with E-state index >= 15 is 0 Å². The molecule has 2 aromatic rings. The van der Waals surface area contributed by atoms with Gasteiger partial charge in [-0.1, -0.05) is 30.0 Å². The first-order valence-electron chi connectivity index (χ1n) is 8.69. The Morgan fingerprint density at radius 2 is 1.96 bits per heavy atom. The van der Waals surface area contributed by atoms with Gasteiger partial charge < -0.3 is 15.4 Å². The summed E-state index contributed by atoms with van der Waals surface area (Å²) in [7, 11) is 0. The van der Waals surface area contributed by atoms with Crippen LogP contribution >= 0.6 is 11.8 Å². The Morgan fingerprint density at radius 1 is 1.22 bits per heavy atom. The predicted molar refractivity (Wildman–Crippen MR) is 109 cm³/mol. The van der Waals surface area contributed by atoms with Crippen LogP contribution in [-0.2, 0) is 9.59 Å². The Bertz CT molecular complexity index is 865. The maximum atomic E-state index is 12.3. The molecule has 3 rings (SSSR count). The number of amidine groups is 1. The van der Waals surface area contributed by atoms with Crippen LogP contribution in [0.5, 0.6) is 5.75 Å². The Balaban J connectivity index is 1.58. The van der Waals surface area contributed by atoms with Crippen LogP contribution in [0.15, 0.2) is 53.5 Å². The van der Waals surface area contributed by atoms with Crippen molar-refractivity contribution in [1.82, 2.24) is 5.32 Å². The molecule has 0 aromatic heterocycles. The van der Waals surface area contributed by atoms with Gasteiger partial charge in [-0.3, -0.25) is 9.59 Å². The van der Waals surface area contributed by atoms with E-state index in [0.717, 1.165) is 17.0 Å². The fraction of sp³-hybridized carbons (Fsp3) is 0.250. The first kappa shape index (κ1) is 19.0. The van der Waals surface area contributed by atoms with Crippen molar-refractivity contribution in [3.8, 4) is 5.75 Å². The zero-order chi connectivity index (χ0) is 19.2. The molecule has 0 radical (unpaired) electrons. The molecule has 2 aromatic carbocycles. The molecule has 2 amide bonds. The summed E-state index contributed by atoms with van der Waals surface area (Å²) in [6, 6.07) is 14.8. The Labute approximate surface area is 162 Å². The van der Waals surface area contributed by atoms with Crippen LogP contribution in [0.3, 0.4) is 0 Å². The van der Waals surface area contributed by atoms with Crippen LogP contribution < -0.4 is 15.4 Å². The van der Waals surface area contributed by atoms with E-state index in [-0.39, 0.29) is 18.2 Å². The highest BCUT2D eigenvalue weighted by Gasteiger charge is 2.32. The lowest BCUT2D eigenvalue weighted by Gasteiger charge is -2.08. The normalized spacial score (nSPS) is 17.6. The summed E-state index contributed by atoms with van der Waals surface area (Å²) in [6.45, 7) is 4.46. The number of nitrogens with one attached hydrogen (secondary N) is 2. The van der Waals surface area contributed by atoms with Crippen molar-refractivity contribution in [2.24, 2.45) is 4.99 Å². The number of nitrogens with zero attached hydrogens (tertiary/aromatic N) is 1. The van der Waals surface area contributed by atoms with Crippen molar-refractivity contribution in [2.75, 3.05) is 11.9 Å². The van der Waals surface area contributed by atoms with Gasteiger partial charge in [0, 0.05) is 12.1 Å². The standard InChI is InChI=1S/C20H21N3O3S/c1-3-26-15-10-8-14(9-11-15)21-18(24)12-17-19(25)23-20(27-17)22-16-7-5-4-6-13(16)2/h4-11,17H,3,12H2,1-2H3,(H,21,24)(H,22,23,25)/t17-/m1/s1. The lowest BCUT2D eigenvalue weighted by Crippen LogP contribution is -2.28. The van der Waals surface area contributed by atoms with Crippen molar-refractivity contribution in [3.63, 3.8) is 0 Å². The molecule has 140 valence electrons. The van der Waals surface area contributed by atoms with Crippen LogP contribution in [0.4, 0.5) is 11.4 Å². The third-order valence-corrected chi connectivity index (χ3v) is 5.02. The maximum Gasteiger partial charge on any atom is 0.240 e. The molecule has 0 saturated carbocycles. The highest BCUT2D eigenvalue weighted by atomic mass is 32.2. The molecule has 0 unspecified atom stereocenters. The SMILES string of the molecule is CCOc1ccc(NC(=O)C[C@H]2SC(=Nc3ccccc3C)NC2=O)cc1. The fourth-order valence-corrected chi connectivity index (χ4v) is 3.55. The van der Waals surface area contributed by atoms with Gasteiger partial charge in [0.25, 0.3) is 0 Å². The molecule has 27 heavy (non-hydrogen) atoms. The minimum absolute atomic E-state index is 0.0799. The van der Waals surface area contributed by atoms with E-state index in [1.54, 1.807) is 24.3 Å². The minimum atomic E-state index is -0.490. The number of thioether (sulfide) groups is 1. The number of hydrogen-bond donors (Lipinski definition) is 2. The third kappa shape index (κ3) is 5.10. The number of carbonyl (C=O) groups is 2. The van der Waals surface area contributed by atoms with Crippen LogP contribution in [0.1, 0.15) is 18.9 Å². The quantitative estimate of drug-likeness (QED) is 0.798. The summed E-state index contributed by atoms with van der Waals surface area (Å²) in [5.74, 6) is 0.330. The molecule has 1 aliphatic rings. The van der Waals surface area contributed by atoms with Gasteiger partial charge in [-0.15, -0.1) is 0 Å². The zero-order valence-corrected chi connectivity index (χ0v) is 16.0. The smallest absolute Gasteiger partial charge is 0.240 e. The van der Waals surface area contributed by atoms with Crippen molar-refractivity contribution in [3.05, 3.63) is 54.1 Å². The van der Waals surface area contributed by atoms with Gasteiger partial charge in [-0.25, -0.2) is 4.99 Å². The van der Waals surface area contributed by atoms with E-state index in [0.29, 0.717) is 17.5 Å². The summed E-state index contributed by atoms with van der Waals surface area (Å²) < 4.78 is 5.37. The van der Waals surface area contributed by atoms with E-state index in [1.165, 1.54) is 11.8 Å². The van der Waals surface area contributed by atoms with Crippen LogP contribution in [0, 0.1) is 6.92 Å². The lowest BCUT2D eigenvalue weighted by atomic mass is 10.2. The molecule has 1 fully saturated rings. The summed E-state index contributed by atoms with van der Waals surface area (Å²) in [5, 5.41) is 5.58. The summed E-state index contributed by atoms with van der Waals surface area (Å²) >= 11 is 1.28. The molecule has 0 spiro atoms. The molecule has 2 N–H and O–H groups in total. The average Bonchev–Trinajstić information content (AvgIpc) is 2.98. The highest BCUT2D eigenvalue weighted by Crippen LogP contribution is 2.27. The number of hydrogen-bond acceptors (Lipinski definition) is 5. The monoisotopic (exact) mass is 383 g/mol. The molecular formula is C20H21N3O3S. The predicted octanol–water partition coefficient (Wildman–Crippen LogP) is 3.64. The molecule has 1 aliphatic heterocycles. The molecule has 0 bridgehead atoms. The molecule has 1 atom stereocenters. The Hall–Kier alpha value is -2.80. The van der Waals surface area contributed by atoms with Gasteiger partial charge in [0.2, 0.25) is 11.8 Å². The van der Waals surface area contributed by atoms with E-state index < -0.39 is 5.25 Å². The number of aliphatic imine (C=N–C) groups is 1. The van der Waals surface area contributed by atoms with Gasteiger partial charge in [-0.2, -0.15) is 0 Å². The van der Waals surface area contributed by atoms with Gasteiger partial charge in [0.1, 0.15) is 11.0 Å². The second-order valence-electron chi connectivity index (χ2n) is 6.01. The van der Waals surface area contributed by atoms with Crippen LogP contribution in [-0.4, -0.2) is 28.8 Å². The molecular weight excluding hydrogens is 362 g/mol. The minimum Gasteiger partial charge on any atom is -0.494 e. The number of amides is 2. The molecule has 0 aliphatic carbocycles. The number of aryl methyl sites for hydroxylation is 1. The van der Waals surface area contributed by atoms with Crippen molar-refractivity contribution < 1.29 is 14.3 Å². The van der Waals surface area contributed by atoms with E-state index in [4.69, 9.17) is 4.74 Å². The number of carbonyl (C=O) groups excluding carboxylic acids is 2. The fourth-order valence-electron chi connectivity index (χ4n) is 2.57. The summed E-state index contributed by atoms with van der Waals surface area (Å²) in [6.07, 6.45) is 0.0799. The van der Waals surface area contributed by atoms with E-state index in [2.05, 4.69) is 15.6 Å². The second-order valence-corrected chi connectivity index (χ2v) is 7.20. The van der Waals surface area contributed by atoms with Gasteiger partial charge in [0.05, 0.1) is 12.3 Å². The number of para-hydroxylation sites is 1. The van der Waals surface area contributed by atoms with Crippen molar-refractivity contribution in [1.29, 1.82) is 0 Å². The Kier molecular flexibility index (Phi) is 6.13. The first-order chi connectivity index (χ1) is 13.0. The number of ether oxygens (including phenoxy) is 1. The van der Waals surface area contributed by atoms with Crippen LogP contribution in [0.25, 0.3) is 0 Å². The highest BCUT2D eigenvalue weighted by molar-refractivity contribution is 8.15. The van der Waals surface area contributed by atoms with Gasteiger partial charge in [0.15, 0.2) is 5.17 Å². The second kappa shape index (κ2) is 8.73. The average molecular weight is 383 g/mol. The van der Waals surface area contributed by atoms with E-state index in [9.17, 15) is 9.59 Å². The summed E-state index contributed by atoms with van der Waals surface area (Å²) in [4.78, 5) is 28.9. The largest absolute Gasteiger partial charge is 0.494 e. The van der Waals surface area contributed by atoms with E-state index in [1.807, 2.05) is 38.1 Å². The number of anilines is 1. The van der Waals surface area contributed by atoms with Gasteiger partial charge >= 0.3 is 0 Å². The number of rotatable bonds is 6. The molecule has 7 heteroatoms. The third-order valence-electron chi connectivity index (χ3n) is 3.93. The van der Waals surface area contributed by atoms with Gasteiger partial charge in [-0.05, 0) is 49.7 Å². The maximum absolute atomic E-state index is 12.3. The topological polar surface area (TPSA) is 79.8 Å². The Morgan fingerprint density at radius 3 is 2.67 bits per heavy atom. The molecule has 1 heterocycles.